The van der Waals surface area contributed by atoms with Crippen molar-refractivity contribution >= 4 is 6.03 Å². The Morgan fingerprint density at radius 3 is 2.64 bits per heavy atom. The van der Waals surface area contributed by atoms with Gasteiger partial charge >= 0.3 is 6.03 Å². The van der Waals surface area contributed by atoms with Crippen LogP contribution in [0.1, 0.15) is 37.7 Å². The molecule has 1 aliphatic carbocycles. The van der Waals surface area contributed by atoms with Gasteiger partial charge in [0.25, 0.3) is 0 Å². The number of hydrogen-bond acceptors (Lipinski definition) is 2. The van der Waals surface area contributed by atoms with Gasteiger partial charge in [0.1, 0.15) is 11.6 Å². The Balaban J connectivity index is 1.70. The number of halogens is 2. The molecular weight excluding hydrogens is 290 g/mol. The highest BCUT2D eigenvalue weighted by molar-refractivity contribution is 5.73. The highest BCUT2D eigenvalue weighted by atomic mass is 19.1. The van der Waals surface area contributed by atoms with Crippen LogP contribution in [0.5, 0.6) is 0 Å². The molecule has 0 radical (unpaired) electrons. The monoisotopic (exact) mass is 312 g/mol. The van der Waals surface area contributed by atoms with E-state index in [0.717, 1.165) is 37.5 Å². The lowest BCUT2D eigenvalue weighted by molar-refractivity contribution is 0.00720. The Kier molecular flexibility index (Phi) is 5.71. The van der Waals surface area contributed by atoms with Gasteiger partial charge in [0.2, 0.25) is 0 Å². The number of carbonyl (C=O) groups is 1. The van der Waals surface area contributed by atoms with Crippen molar-refractivity contribution in [3.8, 4) is 0 Å². The number of aliphatic hydroxyl groups is 1. The molecule has 0 aliphatic heterocycles. The molecule has 1 aliphatic rings. The summed E-state index contributed by atoms with van der Waals surface area (Å²) in [5.74, 6) is -0.986. The van der Waals surface area contributed by atoms with Crippen molar-refractivity contribution in [2.75, 3.05) is 13.1 Å². The second-order valence-corrected chi connectivity index (χ2v) is 5.88. The van der Waals surface area contributed by atoms with E-state index in [1.54, 1.807) is 0 Å². The van der Waals surface area contributed by atoms with Gasteiger partial charge in [0.05, 0.1) is 5.60 Å². The van der Waals surface area contributed by atoms with E-state index in [0.29, 0.717) is 12.8 Å². The molecule has 3 N–H and O–H groups in total. The maximum atomic E-state index is 13.4. The molecule has 2 rings (SSSR count). The van der Waals surface area contributed by atoms with E-state index in [4.69, 9.17) is 0 Å². The third kappa shape index (κ3) is 4.94. The van der Waals surface area contributed by atoms with Crippen LogP contribution >= 0.6 is 0 Å². The van der Waals surface area contributed by atoms with Gasteiger partial charge in [-0.05, 0) is 43.0 Å². The van der Waals surface area contributed by atoms with Crippen molar-refractivity contribution in [3.63, 3.8) is 0 Å². The second-order valence-electron chi connectivity index (χ2n) is 5.88. The van der Waals surface area contributed by atoms with Gasteiger partial charge in [-0.1, -0.05) is 19.3 Å². The van der Waals surface area contributed by atoms with Crippen LogP contribution in [-0.4, -0.2) is 29.8 Å². The number of benzene rings is 1. The first kappa shape index (κ1) is 16.7. The molecule has 1 fully saturated rings. The molecule has 0 bridgehead atoms. The van der Waals surface area contributed by atoms with E-state index in [1.807, 2.05) is 0 Å². The molecule has 122 valence electrons. The Hall–Kier alpha value is -1.69. The largest absolute Gasteiger partial charge is 0.388 e. The highest BCUT2D eigenvalue weighted by Crippen LogP contribution is 2.27. The summed E-state index contributed by atoms with van der Waals surface area (Å²) < 4.78 is 26.4. The second kappa shape index (κ2) is 7.54. The van der Waals surface area contributed by atoms with Crippen molar-refractivity contribution in [1.29, 1.82) is 0 Å². The Morgan fingerprint density at radius 1 is 1.18 bits per heavy atom. The van der Waals surface area contributed by atoms with Gasteiger partial charge in [-0.2, -0.15) is 0 Å². The summed E-state index contributed by atoms with van der Waals surface area (Å²) in [5.41, 5.74) is -0.587. The standard InChI is InChI=1S/C16H22F2N2O2/c17-13-4-5-14(18)12(10-13)6-9-19-15(21)20-11-16(22)7-2-1-3-8-16/h4-5,10,22H,1-3,6-9,11H2,(H2,19,20,21). The molecule has 1 aromatic rings. The van der Waals surface area contributed by atoms with Crippen LogP contribution in [0.2, 0.25) is 0 Å². The van der Waals surface area contributed by atoms with Crippen molar-refractivity contribution in [3.05, 3.63) is 35.4 Å². The van der Waals surface area contributed by atoms with E-state index < -0.39 is 23.3 Å². The van der Waals surface area contributed by atoms with E-state index in [9.17, 15) is 18.7 Å². The quantitative estimate of drug-likeness (QED) is 0.782. The van der Waals surface area contributed by atoms with Gasteiger partial charge in [-0.25, -0.2) is 13.6 Å². The minimum absolute atomic E-state index is 0.199. The SMILES string of the molecule is O=C(NCCc1cc(F)ccc1F)NCC1(O)CCCCC1. The summed E-state index contributed by atoms with van der Waals surface area (Å²) in [5, 5.41) is 15.5. The Labute approximate surface area is 128 Å². The van der Waals surface area contributed by atoms with E-state index in [1.165, 1.54) is 0 Å². The van der Waals surface area contributed by atoms with Crippen molar-refractivity contribution in [2.45, 2.75) is 44.1 Å². The molecule has 4 nitrogen and oxygen atoms in total. The topological polar surface area (TPSA) is 61.4 Å². The molecule has 0 saturated heterocycles. The van der Waals surface area contributed by atoms with Crippen LogP contribution in [0, 0.1) is 11.6 Å². The molecule has 1 saturated carbocycles. The summed E-state index contributed by atoms with van der Waals surface area (Å²) in [4.78, 5) is 11.7. The smallest absolute Gasteiger partial charge is 0.314 e. The molecule has 0 unspecified atom stereocenters. The zero-order valence-electron chi connectivity index (χ0n) is 12.5. The normalized spacial score (nSPS) is 17.0. The van der Waals surface area contributed by atoms with Gasteiger partial charge < -0.3 is 15.7 Å². The Bertz CT molecular complexity index is 517. The molecule has 0 spiro atoms. The molecule has 22 heavy (non-hydrogen) atoms. The van der Waals surface area contributed by atoms with Crippen LogP contribution in [0.3, 0.4) is 0 Å². The molecule has 0 atom stereocenters. The molecule has 0 aromatic heterocycles. The average molecular weight is 312 g/mol. The maximum Gasteiger partial charge on any atom is 0.314 e. The first-order chi connectivity index (χ1) is 10.5. The average Bonchev–Trinajstić information content (AvgIpc) is 2.50. The van der Waals surface area contributed by atoms with E-state index in [-0.39, 0.29) is 25.1 Å². The fourth-order valence-corrected chi connectivity index (χ4v) is 2.74. The molecular formula is C16H22F2N2O2. The van der Waals surface area contributed by atoms with Gasteiger partial charge in [-0.3, -0.25) is 0 Å². The third-order valence-corrected chi connectivity index (χ3v) is 4.05. The number of amides is 2. The number of rotatable bonds is 5. The number of urea groups is 1. The van der Waals surface area contributed by atoms with Crippen LogP contribution in [-0.2, 0) is 6.42 Å². The van der Waals surface area contributed by atoms with E-state index in [2.05, 4.69) is 10.6 Å². The lowest BCUT2D eigenvalue weighted by Gasteiger charge is -2.32. The van der Waals surface area contributed by atoms with Crippen molar-refractivity contribution < 1.29 is 18.7 Å². The molecule has 2 amide bonds. The summed E-state index contributed by atoms with van der Waals surface area (Å²) >= 11 is 0. The van der Waals surface area contributed by atoms with Crippen molar-refractivity contribution in [1.82, 2.24) is 10.6 Å². The molecule has 6 heteroatoms. The fraction of sp³-hybridized carbons (Fsp3) is 0.562. The number of carbonyl (C=O) groups excluding carboxylic acids is 1. The first-order valence-electron chi connectivity index (χ1n) is 7.67. The predicted octanol–water partition coefficient (Wildman–Crippen LogP) is 2.50. The van der Waals surface area contributed by atoms with Crippen LogP contribution < -0.4 is 10.6 Å². The zero-order chi connectivity index (χ0) is 16.0. The summed E-state index contributed by atoms with van der Waals surface area (Å²) in [6.07, 6.45) is 4.66. The molecule has 1 aromatic carbocycles. The van der Waals surface area contributed by atoms with Crippen LogP contribution in [0.15, 0.2) is 18.2 Å². The maximum absolute atomic E-state index is 13.4. The van der Waals surface area contributed by atoms with Gasteiger partial charge in [0.15, 0.2) is 0 Å². The Morgan fingerprint density at radius 2 is 1.91 bits per heavy atom. The minimum atomic E-state index is -0.815. The highest BCUT2D eigenvalue weighted by Gasteiger charge is 2.29. The number of hydrogen-bond donors (Lipinski definition) is 3. The summed E-state index contributed by atoms with van der Waals surface area (Å²) in [6.45, 7) is 0.414. The lowest BCUT2D eigenvalue weighted by Crippen LogP contribution is -2.47. The van der Waals surface area contributed by atoms with E-state index >= 15 is 0 Å². The van der Waals surface area contributed by atoms with Gasteiger partial charge in [-0.15, -0.1) is 0 Å². The van der Waals surface area contributed by atoms with Gasteiger partial charge in [0, 0.05) is 13.1 Å². The van der Waals surface area contributed by atoms with Crippen LogP contribution in [0.4, 0.5) is 13.6 Å². The first-order valence-corrected chi connectivity index (χ1v) is 7.67. The van der Waals surface area contributed by atoms with Crippen molar-refractivity contribution in [2.24, 2.45) is 0 Å². The fourth-order valence-electron chi connectivity index (χ4n) is 2.74. The van der Waals surface area contributed by atoms with Crippen LogP contribution in [0.25, 0.3) is 0 Å². The predicted molar refractivity (Wildman–Crippen MR) is 79.5 cm³/mol. The summed E-state index contributed by atoms with van der Waals surface area (Å²) in [6, 6.07) is 2.85. The number of nitrogens with one attached hydrogen (secondary N) is 2. The lowest BCUT2D eigenvalue weighted by atomic mass is 9.85. The summed E-state index contributed by atoms with van der Waals surface area (Å²) in [7, 11) is 0. The third-order valence-electron chi connectivity index (χ3n) is 4.05. The minimum Gasteiger partial charge on any atom is -0.388 e. The zero-order valence-corrected chi connectivity index (χ0v) is 12.5. The molecule has 0 heterocycles.